The van der Waals surface area contributed by atoms with E-state index in [4.69, 9.17) is 4.74 Å². The molecule has 0 aromatic heterocycles. The summed E-state index contributed by atoms with van der Waals surface area (Å²) in [6.07, 6.45) is -0.566. The second-order valence-corrected chi connectivity index (χ2v) is 7.97. The van der Waals surface area contributed by atoms with Crippen molar-refractivity contribution in [1.82, 2.24) is 10.6 Å². The van der Waals surface area contributed by atoms with Crippen molar-refractivity contribution < 1.29 is 22.7 Å². The molecule has 2 rings (SSSR count). The van der Waals surface area contributed by atoms with Gasteiger partial charge in [0, 0.05) is 13.1 Å². The van der Waals surface area contributed by atoms with Gasteiger partial charge in [0.1, 0.15) is 0 Å². The molecule has 0 aliphatic rings. The molecule has 0 fully saturated rings. The van der Waals surface area contributed by atoms with Gasteiger partial charge in [-0.1, -0.05) is 24.3 Å². The Kier molecular flexibility index (Phi) is 7.60. The first-order valence-electron chi connectivity index (χ1n) is 9.12. The van der Waals surface area contributed by atoms with E-state index in [1.165, 1.54) is 12.1 Å². The lowest BCUT2D eigenvalue weighted by Gasteiger charge is -2.14. The molecule has 8 nitrogen and oxygen atoms in total. The molecular formula is C20H25N3O5S. The van der Waals surface area contributed by atoms with Crippen LogP contribution in [0.2, 0.25) is 0 Å². The lowest BCUT2D eigenvalue weighted by Crippen LogP contribution is -2.35. The predicted octanol–water partition coefficient (Wildman–Crippen LogP) is 2.58. The SMILES string of the molecule is CCOC(=O)NCCNC(=O)c1ccccc1NS(=O)(=O)c1cc(C)ccc1C. The van der Waals surface area contributed by atoms with Gasteiger partial charge in [0.25, 0.3) is 15.9 Å². The van der Waals surface area contributed by atoms with Crippen LogP contribution in [0, 0.1) is 13.8 Å². The maximum atomic E-state index is 12.8. The van der Waals surface area contributed by atoms with E-state index in [0.29, 0.717) is 5.56 Å². The third kappa shape index (κ3) is 6.21. The molecule has 156 valence electrons. The summed E-state index contributed by atoms with van der Waals surface area (Å²) in [4.78, 5) is 23.9. The zero-order valence-corrected chi connectivity index (χ0v) is 17.4. The van der Waals surface area contributed by atoms with Gasteiger partial charge in [-0.2, -0.15) is 0 Å². The number of amides is 2. The van der Waals surface area contributed by atoms with Crippen molar-refractivity contribution >= 4 is 27.7 Å². The number of carbonyl (C=O) groups is 2. The summed E-state index contributed by atoms with van der Waals surface area (Å²) in [5.74, 6) is -0.463. The van der Waals surface area contributed by atoms with Gasteiger partial charge in [-0.3, -0.25) is 9.52 Å². The molecule has 9 heteroatoms. The molecule has 0 saturated carbocycles. The van der Waals surface area contributed by atoms with E-state index in [0.717, 1.165) is 5.56 Å². The maximum absolute atomic E-state index is 12.8. The van der Waals surface area contributed by atoms with Crippen LogP contribution in [0.4, 0.5) is 10.5 Å². The van der Waals surface area contributed by atoms with Crippen molar-refractivity contribution in [1.29, 1.82) is 0 Å². The molecule has 0 spiro atoms. The standard InChI is InChI=1S/C20H25N3O5S/c1-4-28-20(25)22-12-11-21-19(24)16-7-5-6-8-17(16)23-29(26,27)18-13-14(2)9-10-15(18)3/h5-10,13,23H,4,11-12H2,1-3H3,(H,21,24)(H,22,25). The van der Waals surface area contributed by atoms with Gasteiger partial charge in [-0.05, 0) is 50.1 Å². The molecule has 0 aliphatic heterocycles. The molecule has 0 aliphatic carbocycles. The van der Waals surface area contributed by atoms with Crippen LogP contribution >= 0.6 is 0 Å². The molecule has 2 aromatic carbocycles. The first kappa shape index (κ1) is 22.2. The summed E-state index contributed by atoms with van der Waals surface area (Å²) in [5, 5.41) is 5.13. The van der Waals surface area contributed by atoms with E-state index in [-0.39, 0.29) is 35.8 Å². The first-order chi connectivity index (χ1) is 13.7. The van der Waals surface area contributed by atoms with Crippen molar-refractivity contribution in [2.45, 2.75) is 25.7 Å². The van der Waals surface area contributed by atoms with Crippen LogP contribution in [-0.4, -0.2) is 40.1 Å². The van der Waals surface area contributed by atoms with Crippen molar-refractivity contribution in [2.75, 3.05) is 24.4 Å². The third-order valence-electron chi connectivity index (χ3n) is 4.00. The lowest BCUT2D eigenvalue weighted by atomic mass is 10.1. The van der Waals surface area contributed by atoms with E-state index in [1.54, 1.807) is 38.1 Å². The molecule has 0 heterocycles. The number of hydrogen-bond acceptors (Lipinski definition) is 5. The number of carbonyl (C=O) groups excluding carboxylic acids is 2. The summed E-state index contributed by atoms with van der Waals surface area (Å²) >= 11 is 0. The zero-order valence-electron chi connectivity index (χ0n) is 16.6. The van der Waals surface area contributed by atoms with Crippen LogP contribution in [0.5, 0.6) is 0 Å². The van der Waals surface area contributed by atoms with Crippen molar-refractivity contribution in [3.63, 3.8) is 0 Å². The Morgan fingerprint density at radius 1 is 1.00 bits per heavy atom. The second kappa shape index (κ2) is 9.92. The molecule has 0 unspecified atom stereocenters. The van der Waals surface area contributed by atoms with Crippen LogP contribution in [0.25, 0.3) is 0 Å². The molecule has 0 radical (unpaired) electrons. The Bertz CT molecular complexity index is 989. The van der Waals surface area contributed by atoms with Crippen molar-refractivity contribution in [2.24, 2.45) is 0 Å². The minimum absolute atomic E-state index is 0.159. The fraction of sp³-hybridized carbons (Fsp3) is 0.300. The van der Waals surface area contributed by atoms with Crippen molar-refractivity contribution in [3.05, 3.63) is 59.2 Å². The molecule has 0 bridgehead atoms. The minimum atomic E-state index is -3.87. The average Bonchev–Trinajstić information content (AvgIpc) is 2.67. The van der Waals surface area contributed by atoms with Gasteiger partial charge in [-0.25, -0.2) is 13.2 Å². The Balaban J connectivity index is 2.11. The van der Waals surface area contributed by atoms with Gasteiger partial charge in [0.2, 0.25) is 0 Å². The third-order valence-corrected chi connectivity index (χ3v) is 5.51. The fourth-order valence-corrected chi connectivity index (χ4v) is 4.00. The number of hydrogen-bond donors (Lipinski definition) is 3. The number of anilines is 1. The van der Waals surface area contributed by atoms with Crippen LogP contribution in [0.1, 0.15) is 28.4 Å². The second-order valence-electron chi connectivity index (χ2n) is 6.32. The number of para-hydroxylation sites is 1. The Labute approximate surface area is 170 Å². The highest BCUT2D eigenvalue weighted by Crippen LogP contribution is 2.23. The number of nitrogens with one attached hydrogen (secondary N) is 3. The molecule has 2 aromatic rings. The molecule has 29 heavy (non-hydrogen) atoms. The summed E-state index contributed by atoms with van der Waals surface area (Å²) in [6.45, 7) is 5.81. The fourth-order valence-electron chi connectivity index (χ4n) is 2.58. The summed E-state index contributed by atoms with van der Waals surface area (Å²) in [5.41, 5.74) is 1.77. The number of ether oxygens (including phenoxy) is 1. The van der Waals surface area contributed by atoms with Crippen LogP contribution in [0.15, 0.2) is 47.4 Å². The van der Waals surface area contributed by atoms with Gasteiger partial charge in [-0.15, -0.1) is 0 Å². The molecular weight excluding hydrogens is 394 g/mol. The molecule has 0 atom stereocenters. The highest BCUT2D eigenvalue weighted by molar-refractivity contribution is 7.92. The quantitative estimate of drug-likeness (QED) is 0.569. The van der Waals surface area contributed by atoms with E-state index in [9.17, 15) is 18.0 Å². The number of sulfonamides is 1. The Morgan fingerprint density at radius 2 is 1.69 bits per heavy atom. The highest BCUT2D eigenvalue weighted by Gasteiger charge is 2.20. The molecule has 2 amide bonds. The van der Waals surface area contributed by atoms with Crippen LogP contribution in [-0.2, 0) is 14.8 Å². The summed E-state index contributed by atoms with van der Waals surface area (Å²) in [6, 6.07) is 11.5. The summed E-state index contributed by atoms with van der Waals surface area (Å²) in [7, 11) is -3.87. The monoisotopic (exact) mass is 419 g/mol. The van der Waals surface area contributed by atoms with Gasteiger partial charge >= 0.3 is 6.09 Å². The number of benzene rings is 2. The molecule has 3 N–H and O–H groups in total. The minimum Gasteiger partial charge on any atom is -0.450 e. The van der Waals surface area contributed by atoms with Crippen LogP contribution in [0.3, 0.4) is 0 Å². The van der Waals surface area contributed by atoms with Gasteiger partial charge in [0.05, 0.1) is 22.8 Å². The van der Waals surface area contributed by atoms with Gasteiger partial charge < -0.3 is 15.4 Å². The smallest absolute Gasteiger partial charge is 0.407 e. The normalized spacial score (nSPS) is 10.9. The Hall–Kier alpha value is -3.07. The summed E-state index contributed by atoms with van der Waals surface area (Å²) < 4.78 is 32.9. The average molecular weight is 420 g/mol. The van der Waals surface area contributed by atoms with E-state index >= 15 is 0 Å². The Morgan fingerprint density at radius 3 is 2.41 bits per heavy atom. The topological polar surface area (TPSA) is 114 Å². The highest BCUT2D eigenvalue weighted by atomic mass is 32.2. The maximum Gasteiger partial charge on any atom is 0.407 e. The zero-order chi connectivity index (χ0) is 21.4. The van der Waals surface area contributed by atoms with E-state index < -0.39 is 22.0 Å². The number of aryl methyl sites for hydroxylation is 2. The molecule has 0 saturated heterocycles. The first-order valence-corrected chi connectivity index (χ1v) is 10.6. The van der Waals surface area contributed by atoms with Crippen molar-refractivity contribution in [3.8, 4) is 0 Å². The number of rotatable bonds is 8. The van der Waals surface area contributed by atoms with E-state index in [1.807, 2.05) is 13.0 Å². The van der Waals surface area contributed by atoms with Gasteiger partial charge in [0.15, 0.2) is 0 Å². The predicted molar refractivity (Wildman–Crippen MR) is 111 cm³/mol. The van der Waals surface area contributed by atoms with Crippen LogP contribution < -0.4 is 15.4 Å². The van der Waals surface area contributed by atoms with E-state index in [2.05, 4.69) is 15.4 Å². The lowest BCUT2D eigenvalue weighted by molar-refractivity contribution is 0.0953. The number of alkyl carbamates (subject to hydrolysis) is 1. The largest absolute Gasteiger partial charge is 0.450 e.